The molecule has 0 atom stereocenters. The number of benzene rings is 1. The summed E-state index contributed by atoms with van der Waals surface area (Å²) in [6, 6.07) is 8.86. The molecule has 0 bridgehead atoms. The second-order valence-corrected chi connectivity index (χ2v) is 7.35. The summed E-state index contributed by atoms with van der Waals surface area (Å²) < 4.78 is 0. The van der Waals surface area contributed by atoms with Crippen molar-refractivity contribution in [3.05, 3.63) is 29.8 Å². The van der Waals surface area contributed by atoms with E-state index in [-0.39, 0.29) is 11.1 Å². The van der Waals surface area contributed by atoms with Gasteiger partial charge in [-0.3, -0.25) is 0 Å². The number of rotatable bonds is 2. The highest BCUT2D eigenvalue weighted by atomic mass is 15.3. The standard InChI is InChI=1S/C17H28N2/c1-13(2)14-9-7-8-10-15(14)19-12-16(3,4)18-11-17(19,5)6/h7-10,13,18H,11-12H2,1-6H3. The Labute approximate surface area is 118 Å². The Bertz CT molecular complexity index is 446. The summed E-state index contributed by atoms with van der Waals surface area (Å²) >= 11 is 0. The molecule has 1 fully saturated rings. The molecular weight excluding hydrogens is 232 g/mol. The lowest BCUT2D eigenvalue weighted by Crippen LogP contribution is -2.66. The number of hydrogen-bond donors (Lipinski definition) is 1. The fourth-order valence-corrected chi connectivity index (χ4v) is 2.85. The van der Waals surface area contributed by atoms with Crippen molar-refractivity contribution >= 4 is 5.69 Å². The van der Waals surface area contributed by atoms with Gasteiger partial charge >= 0.3 is 0 Å². The van der Waals surface area contributed by atoms with Gasteiger partial charge in [0.05, 0.1) is 0 Å². The number of nitrogens with zero attached hydrogens (tertiary/aromatic N) is 1. The Morgan fingerprint density at radius 1 is 1.11 bits per heavy atom. The highest BCUT2D eigenvalue weighted by Crippen LogP contribution is 2.34. The summed E-state index contributed by atoms with van der Waals surface area (Å²) in [5, 5.41) is 3.66. The maximum Gasteiger partial charge on any atom is 0.0471 e. The molecule has 106 valence electrons. The zero-order chi connectivity index (χ0) is 14.3. The molecule has 19 heavy (non-hydrogen) atoms. The molecule has 2 nitrogen and oxygen atoms in total. The van der Waals surface area contributed by atoms with E-state index in [2.05, 4.69) is 76.0 Å². The SMILES string of the molecule is CC(C)c1ccccc1N1CC(C)(C)NCC1(C)C. The van der Waals surface area contributed by atoms with Gasteiger partial charge in [0, 0.05) is 29.9 Å². The number of anilines is 1. The van der Waals surface area contributed by atoms with Crippen LogP contribution in [0.25, 0.3) is 0 Å². The maximum absolute atomic E-state index is 3.66. The molecule has 1 N–H and O–H groups in total. The molecule has 0 unspecified atom stereocenters. The molecule has 0 aliphatic carbocycles. The minimum absolute atomic E-state index is 0.153. The number of hydrogen-bond acceptors (Lipinski definition) is 2. The largest absolute Gasteiger partial charge is 0.363 e. The molecule has 0 saturated carbocycles. The molecule has 1 saturated heterocycles. The lowest BCUT2D eigenvalue weighted by Gasteiger charge is -2.51. The Balaban J connectivity index is 2.43. The van der Waals surface area contributed by atoms with Crippen molar-refractivity contribution < 1.29 is 0 Å². The van der Waals surface area contributed by atoms with Gasteiger partial charge in [-0.25, -0.2) is 0 Å². The van der Waals surface area contributed by atoms with Crippen molar-refractivity contribution in [1.82, 2.24) is 5.32 Å². The topological polar surface area (TPSA) is 15.3 Å². The van der Waals surface area contributed by atoms with Crippen LogP contribution in [0.5, 0.6) is 0 Å². The summed E-state index contributed by atoms with van der Waals surface area (Å²) in [5.74, 6) is 0.560. The fraction of sp³-hybridized carbons (Fsp3) is 0.647. The van der Waals surface area contributed by atoms with Crippen LogP contribution in [-0.2, 0) is 0 Å². The van der Waals surface area contributed by atoms with E-state index in [4.69, 9.17) is 0 Å². The molecular formula is C17H28N2. The third kappa shape index (κ3) is 2.94. The average molecular weight is 260 g/mol. The van der Waals surface area contributed by atoms with E-state index in [9.17, 15) is 0 Å². The fourth-order valence-electron chi connectivity index (χ4n) is 2.85. The summed E-state index contributed by atoms with van der Waals surface area (Å²) in [6.07, 6.45) is 0. The Morgan fingerprint density at radius 3 is 2.37 bits per heavy atom. The molecule has 2 heteroatoms. The predicted molar refractivity (Wildman–Crippen MR) is 84.0 cm³/mol. The highest BCUT2D eigenvalue weighted by Gasteiger charge is 2.38. The van der Waals surface area contributed by atoms with Gasteiger partial charge in [0.25, 0.3) is 0 Å². The van der Waals surface area contributed by atoms with E-state index in [0.717, 1.165) is 13.1 Å². The van der Waals surface area contributed by atoms with E-state index in [0.29, 0.717) is 5.92 Å². The molecule has 1 aliphatic rings. The molecule has 2 rings (SSSR count). The van der Waals surface area contributed by atoms with Gasteiger partial charge < -0.3 is 10.2 Å². The van der Waals surface area contributed by atoms with Gasteiger partial charge in [0.15, 0.2) is 0 Å². The van der Waals surface area contributed by atoms with Crippen molar-refractivity contribution in [3.8, 4) is 0 Å². The molecule has 0 amide bonds. The summed E-state index contributed by atoms with van der Waals surface area (Å²) in [5.41, 5.74) is 3.17. The summed E-state index contributed by atoms with van der Waals surface area (Å²) in [4.78, 5) is 2.58. The number of piperazine rings is 1. The van der Waals surface area contributed by atoms with Gasteiger partial charge in [-0.05, 0) is 45.2 Å². The van der Waals surface area contributed by atoms with Crippen LogP contribution >= 0.6 is 0 Å². The average Bonchev–Trinajstić information content (AvgIpc) is 2.33. The molecule has 1 heterocycles. The van der Waals surface area contributed by atoms with E-state index in [1.54, 1.807) is 0 Å². The maximum atomic E-state index is 3.66. The first-order chi connectivity index (χ1) is 8.73. The molecule has 0 spiro atoms. The monoisotopic (exact) mass is 260 g/mol. The van der Waals surface area contributed by atoms with Crippen LogP contribution in [-0.4, -0.2) is 24.2 Å². The van der Waals surface area contributed by atoms with E-state index in [1.165, 1.54) is 11.3 Å². The van der Waals surface area contributed by atoms with Crippen molar-refractivity contribution in [2.45, 2.75) is 58.5 Å². The Hall–Kier alpha value is -1.02. The second kappa shape index (κ2) is 4.82. The van der Waals surface area contributed by atoms with Gasteiger partial charge in [0.1, 0.15) is 0 Å². The first-order valence-electron chi connectivity index (χ1n) is 7.34. The first-order valence-corrected chi connectivity index (χ1v) is 7.34. The molecule has 1 aliphatic heterocycles. The third-order valence-electron chi connectivity index (χ3n) is 4.13. The minimum Gasteiger partial charge on any atom is -0.363 e. The van der Waals surface area contributed by atoms with Crippen molar-refractivity contribution in [2.75, 3.05) is 18.0 Å². The Kier molecular flexibility index (Phi) is 3.65. The lowest BCUT2D eigenvalue weighted by molar-refractivity contribution is 0.260. The minimum atomic E-state index is 0.153. The van der Waals surface area contributed by atoms with E-state index >= 15 is 0 Å². The van der Waals surface area contributed by atoms with E-state index in [1.807, 2.05) is 0 Å². The van der Waals surface area contributed by atoms with Gasteiger partial charge in [0.2, 0.25) is 0 Å². The van der Waals surface area contributed by atoms with Crippen LogP contribution < -0.4 is 10.2 Å². The molecule has 1 aromatic rings. The van der Waals surface area contributed by atoms with Crippen molar-refractivity contribution in [3.63, 3.8) is 0 Å². The third-order valence-corrected chi connectivity index (χ3v) is 4.13. The molecule has 1 aromatic carbocycles. The number of para-hydroxylation sites is 1. The van der Waals surface area contributed by atoms with Gasteiger partial charge in [-0.2, -0.15) is 0 Å². The Morgan fingerprint density at radius 2 is 1.74 bits per heavy atom. The van der Waals surface area contributed by atoms with Crippen LogP contribution in [0.15, 0.2) is 24.3 Å². The summed E-state index contributed by atoms with van der Waals surface area (Å²) in [7, 11) is 0. The van der Waals surface area contributed by atoms with Crippen LogP contribution in [0.1, 0.15) is 53.0 Å². The van der Waals surface area contributed by atoms with Crippen molar-refractivity contribution in [1.29, 1.82) is 0 Å². The molecule has 0 aromatic heterocycles. The first kappa shape index (κ1) is 14.4. The molecule has 0 radical (unpaired) electrons. The van der Waals surface area contributed by atoms with Crippen LogP contribution in [0.3, 0.4) is 0 Å². The second-order valence-electron chi connectivity index (χ2n) is 7.35. The predicted octanol–water partition coefficient (Wildman–Crippen LogP) is 3.78. The summed E-state index contributed by atoms with van der Waals surface area (Å²) in [6.45, 7) is 15.8. The van der Waals surface area contributed by atoms with Gasteiger partial charge in [-0.1, -0.05) is 32.0 Å². The lowest BCUT2D eigenvalue weighted by atomic mass is 9.89. The highest BCUT2D eigenvalue weighted by molar-refractivity contribution is 5.57. The van der Waals surface area contributed by atoms with Crippen LogP contribution in [0, 0.1) is 0 Å². The quantitative estimate of drug-likeness (QED) is 0.870. The van der Waals surface area contributed by atoms with E-state index < -0.39 is 0 Å². The number of nitrogens with one attached hydrogen (secondary N) is 1. The smallest absolute Gasteiger partial charge is 0.0471 e. The van der Waals surface area contributed by atoms with Crippen molar-refractivity contribution in [2.24, 2.45) is 0 Å². The van der Waals surface area contributed by atoms with Crippen LogP contribution in [0.2, 0.25) is 0 Å². The van der Waals surface area contributed by atoms with Crippen LogP contribution in [0.4, 0.5) is 5.69 Å². The zero-order valence-electron chi connectivity index (χ0n) is 13.2. The normalized spacial score (nSPS) is 21.7. The van der Waals surface area contributed by atoms with Gasteiger partial charge in [-0.15, -0.1) is 0 Å². The zero-order valence-corrected chi connectivity index (χ0v) is 13.2.